The highest BCUT2D eigenvalue weighted by Gasteiger charge is 2.26. The van der Waals surface area contributed by atoms with Gasteiger partial charge in [0.15, 0.2) is 6.10 Å². The van der Waals surface area contributed by atoms with Gasteiger partial charge in [0.05, 0.1) is 0 Å². The summed E-state index contributed by atoms with van der Waals surface area (Å²) in [6.45, 7) is 6.89. The molecule has 0 aliphatic carbocycles. The van der Waals surface area contributed by atoms with E-state index in [0.717, 1.165) is 16.5 Å². The van der Waals surface area contributed by atoms with Gasteiger partial charge in [0.25, 0.3) is 0 Å². The van der Waals surface area contributed by atoms with Crippen molar-refractivity contribution in [3.8, 4) is 0 Å². The maximum absolute atomic E-state index is 12.6. The summed E-state index contributed by atoms with van der Waals surface area (Å²) in [4.78, 5) is 28.1. The van der Waals surface area contributed by atoms with E-state index in [2.05, 4.69) is 4.98 Å². The lowest BCUT2D eigenvalue weighted by molar-refractivity contribution is 0.0317. The number of hydrogen-bond acceptors (Lipinski definition) is 4. The number of hydrogen-bond donors (Lipinski definition) is 1. The number of nitrogens with one attached hydrogen (secondary N) is 1. The van der Waals surface area contributed by atoms with Gasteiger partial charge in [0, 0.05) is 28.2 Å². The number of rotatable bonds is 4. The average Bonchev–Trinajstić information content (AvgIpc) is 3.08. The molecule has 2 heterocycles. The number of carbonyl (C=O) groups is 2. The zero-order chi connectivity index (χ0) is 17.4. The molecule has 3 rings (SSSR count). The van der Waals surface area contributed by atoms with Crippen molar-refractivity contribution >= 4 is 22.7 Å². The molecule has 0 aliphatic heterocycles. The second-order valence-corrected chi connectivity index (χ2v) is 5.87. The van der Waals surface area contributed by atoms with Crippen molar-refractivity contribution in [2.24, 2.45) is 0 Å². The molecule has 3 aromatic rings. The minimum Gasteiger partial charge on any atom is -0.465 e. The molecule has 0 bridgehead atoms. The molecule has 5 heteroatoms. The molecule has 0 aliphatic rings. The number of furan rings is 1. The predicted octanol–water partition coefficient (Wildman–Crippen LogP) is 4.11. The number of aromatic amines is 1. The Kier molecular flexibility index (Phi) is 4.01. The number of para-hydroxylation sites is 1. The predicted molar refractivity (Wildman–Crippen MR) is 90.4 cm³/mol. The number of ketones is 1. The molecule has 0 amide bonds. The lowest BCUT2D eigenvalue weighted by atomic mass is 10.1. The Bertz CT molecular complexity index is 932. The molecular formula is C19H19NO4. The zero-order valence-corrected chi connectivity index (χ0v) is 14.1. The molecule has 0 unspecified atom stereocenters. The van der Waals surface area contributed by atoms with E-state index in [-0.39, 0.29) is 5.78 Å². The van der Waals surface area contributed by atoms with Crippen LogP contribution in [0, 0.1) is 20.8 Å². The van der Waals surface area contributed by atoms with Crippen LogP contribution in [-0.2, 0) is 4.74 Å². The largest absolute Gasteiger partial charge is 0.465 e. The highest BCUT2D eigenvalue weighted by atomic mass is 16.5. The summed E-state index contributed by atoms with van der Waals surface area (Å²) in [5.74, 6) is 0.399. The van der Waals surface area contributed by atoms with Crippen molar-refractivity contribution in [1.29, 1.82) is 0 Å². The van der Waals surface area contributed by atoms with E-state index in [0.29, 0.717) is 22.6 Å². The van der Waals surface area contributed by atoms with Gasteiger partial charge in [-0.15, -0.1) is 0 Å². The topological polar surface area (TPSA) is 72.3 Å². The number of ether oxygens (including phenoxy) is 1. The van der Waals surface area contributed by atoms with Gasteiger partial charge in [-0.25, -0.2) is 4.79 Å². The molecule has 1 aromatic carbocycles. The highest BCUT2D eigenvalue weighted by molar-refractivity contribution is 6.10. The van der Waals surface area contributed by atoms with Crippen LogP contribution in [0.5, 0.6) is 0 Å². The van der Waals surface area contributed by atoms with E-state index in [1.807, 2.05) is 24.3 Å². The van der Waals surface area contributed by atoms with Crippen LogP contribution in [0.25, 0.3) is 10.9 Å². The number of H-pyrrole nitrogens is 1. The smallest absolute Gasteiger partial charge is 0.342 e. The number of carbonyl (C=O) groups excluding carboxylic acids is 2. The summed E-state index contributed by atoms with van der Waals surface area (Å²) in [6.07, 6.45) is 0.765. The molecule has 0 radical (unpaired) electrons. The van der Waals surface area contributed by atoms with Crippen molar-refractivity contribution in [1.82, 2.24) is 4.98 Å². The van der Waals surface area contributed by atoms with Crippen molar-refractivity contribution in [2.75, 3.05) is 0 Å². The summed E-state index contributed by atoms with van der Waals surface area (Å²) < 4.78 is 10.8. The second kappa shape index (κ2) is 6.00. The Hall–Kier alpha value is -2.82. The quantitative estimate of drug-likeness (QED) is 0.578. The Labute approximate surface area is 139 Å². The molecule has 24 heavy (non-hydrogen) atoms. The fourth-order valence-electron chi connectivity index (χ4n) is 2.86. The summed E-state index contributed by atoms with van der Waals surface area (Å²) in [5, 5.41) is 0.817. The van der Waals surface area contributed by atoms with Crippen molar-refractivity contribution in [3.05, 3.63) is 58.7 Å². The van der Waals surface area contributed by atoms with E-state index >= 15 is 0 Å². The first-order valence-corrected chi connectivity index (χ1v) is 7.78. The molecule has 124 valence electrons. The first-order valence-electron chi connectivity index (χ1n) is 7.78. The highest BCUT2D eigenvalue weighted by Crippen LogP contribution is 2.24. The van der Waals surface area contributed by atoms with Crippen LogP contribution < -0.4 is 0 Å². The Morgan fingerprint density at radius 2 is 1.83 bits per heavy atom. The van der Waals surface area contributed by atoms with Crippen LogP contribution in [-0.4, -0.2) is 22.8 Å². The van der Waals surface area contributed by atoms with Crippen LogP contribution >= 0.6 is 0 Å². The second-order valence-electron chi connectivity index (χ2n) is 5.87. The number of fused-ring (bicyclic) bond motifs is 1. The minimum atomic E-state index is -0.884. The van der Waals surface area contributed by atoms with Gasteiger partial charge in [-0.1, -0.05) is 18.2 Å². The van der Waals surface area contributed by atoms with E-state index < -0.39 is 12.1 Å². The van der Waals surface area contributed by atoms with Gasteiger partial charge in [-0.05, 0) is 33.8 Å². The lowest BCUT2D eigenvalue weighted by Gasteiger charge is -2.12. The molecule has 1 N–H and O–H groups in total. The lowest BCUT2D eigenvalue weighted by Crippen LogP contribution is -2.24. The van der Waals surface area contributed by atoms with Crippen molar-refractivity contribution in [2.45, 2.75) is 33.8 Å². The number of benzene rings is 1. The van der Waals surface area contributed by atoms with E-state index in [9.17, 15) is 9.59 Å². The normalized spacial score (nSPS) is 12.3. The molecule has 0 saturated carbocycles. The van der Waals surface area contributed by atoms with Crippen LogP contribution in [0.3, 0.4) is 0 Å². The van der Waals surface area contributed by atoms with Gasteiger partial charge >= 0.3 is 5.97 Å². The zero-order valence-electron chi connectivity index (χ0n) is 14.1. The average molecular weight is 325 g/mol. The Morgan fingerprint density at radius 1 is 1.12 bits per heavy atom. The standard InChI is InChI=1S/C19H19NO4/c1-10-11(2)23-12(3)17(10)19(22)24-13(4)18(21)15-9-20-16-8-6-5-7-14(15)16/h5-9,13,20H,1-4H3/t13-/m0/s1. The fraction of sp³-hybridized carbons (Fsp3) is 0.263. The number of aryl methyl sites for hydroxylation is 2. The molecule has 1 atom stereocenters. The van der Waals surface area contributed by atoms with Crippen molar-refractivity contribution < 1.29 is 18.7 Å². The van der Waals surface area contributed by atoms with E-state index in [1.165, 1.54) is 0 Å². The molecular weight excluding hydrogens is 306 g/mol. The summed E-state index contributed by atoms with van der Waals surface area (Å²) in [5.41, 5.74) is 2.52. The van der Waals surface area contributed by atoms with Crippen LogP contribution in [0.1, 0.15) is 44.7 Å². The SMILES string of the molecule is Cc1oc(C)c(C(=O)O[C@@H](C)C(=O)c2c[nH]c3ccccc23)c1C. The first-order chi connectivity index (χ1) is 11.4. The van der Waals surface area contributed by atoms with Gasteiger partial charge in [0.1, 0.15) is 17.1 Å². The van der Waals surface area contributed by atoms with Crippen LogP contribution in [0.2, 0.25) is 0 Å². The molecule has 0 saturated heterocycles. The molecule has 5 nitrogen and oxygen atoms in total. The third-order valence-corrected chi connectivity index (χ3v) is 4.27. The molecule has 0 fully saturated rings. The van der Waals surface area contributed by atoms with Gasteiger partial charge in [-0.3, -0.25) is 4.79 Å². The summed E-state index contributed by atoms with van der Waals surface area (Å²) in [6, 6.07) is 7.51. The third-order valence-electron chi connectivity index (χ3n) is 4.27. The molecule has 0 spiro atoms. The Balaban J connectivity index is 1.83. The number of aromatic nitrogens is 1. The fourth-order valence-corrected chi connectivity index (χ4v) is 2.86. The number of esters is 1. The van der Waals surface area contributed by atoms with Gasteiger partial charge < -0.3 is 14.1 Å². The maximum atomic E-state index is 12.6. The van der Waals surface area contributed by atoms with E-state index in [1.54, 1.807) is 33.9 Å². The third kappa shape index (κ3) is 2.62. The van der Waals surface area contributed by atoms with Crippen molar-refractivity contribution in [3.63, 3.8) is 0 Å². The maximum Gasteiger partial charge on any atom is 0.342 e. The van der Waals surface area contributed by atoms with E-state index in [4.69, 9.17) is 9.15 Å². The molecule has 2 aromatic heterocycles. The van der Waals surface area contributed by atoms with Crippen LogP contribution in [0.4, 0.5) is 0 Å². The van der Waals surface area contributed by atoms with Crippen LogP contribution in [0.15, 0.2) is 34.9 Å². The monoisotopic (exact) mass is 325 g/mol. The minimum absolute atomic E-state index is 0.240. The number of Topliss-reactive ketones (excluding diaryl/α,β-unsaturated/α-hetero) is 1. The summed E-state index contributed by atoms with van der Waals surface area (Å²) >= 11 is 0. The summed E-state index contributed by atoms with van der Waals surface area (Å²) in [7, 11) is 0. The van der Waals surface area contributed by atoms with Gasteiger partial charge in [-0.2, -0.15) is 0 Å². The van der Waals surface area contributed by atoms with Gasteiger partial charge in [0.2, 0.25) is 5.78 Å². The first kappa shape index (κ1) is 16.1. The Morgan fingerprint density at radius 3 is 2.50 bits per heavy atom.